The molecule has 0 radical (unpaired) electrons. The summed E-state index contributed by atoms with van der Waals surface area (Å²) in [5, 5.41) is 5.46. The van der Waals surface area contributed by atoms with Crippen LogP contribution in [0.2, 0.25) is 0 Å². The molecule has 0 spiro atoms. The summed E-state index contributed by atoms with van der Waals surface area (Å²) in [6, 6.07) is 35.7. The average Bonchev–Trinajstić information content (AvgIpc) is 3.12. The molecule has 5 aromatic rings. The molecule has 0 bridgehead atoms. The minimum Gasteiger partial charge on any atom is -0.0622 e. The summed E-state index contributed by atoms with van der Waals surface area (Å²) < 4.78 is 0. The maximum atomic E-state index is 2.41. The van der Waals surface area contributed by atoms with Crippen molar-refractivity contribution in [3.63, 3.8) is 0 Å². The number of hydrogen-bond donors (Lipinski definition) is 0. The maximum Gasteiger partial charge on any atom is -0.000706 e. The molecule has 0 aliphatic heterocycles. The maximum absolute atomic E-state index is 2.41. The first-order valence-corrected chi connectivity index (χ1v) is 9.96. The monoisotopic (exact) mass is 356 g/mol. The van der Waals surface area contributed by atoms with Gasteiger partial charge < -0.3 is 0 Å². The number of hydrogen-bond acceptors (Lipinski definition) is 0. The highest BCUT2D eigenvalue weighted by Gasteiger charge is 2.21. The van der Waals surface area contributed by atoms with Gasteiger partial charge in [-0.15, -0.1) is 0 Å². The van der Waals surface area contributed by atoms with Gasteiger partial charge in [0.05, 0.1) is 0 Å². The van der Waals surface area contributed by atoms with Gasteiger partial charge in [0.25, 0.3) is 0 Å². The van der Waals surface area contributed by atoms with Gasteiger partial charge in [-0.1, -0.05) is 97.1 Å². The minimum absolute atomic E-state index is 0.986. The van der Waals surface area contributed by atoms with E-state index in [4.69, 9.17) is 0 Å². The quantitative estimate of drug-likeness (QED) is 0.289. The van der Waals surface area contributed by atoms with Crippen LogP contribution in [0.4, 0.5) is 0 Å². The van der Waals surface area contributed by atoms with Crippen molar-refractivity contribution in [3.05, 3.63) is 119 Å². The highest BCUT2D eigenvalue weighted by Crippen LogP contribution is 2.43. The first-order valence-electron chi connectivity index (χ1n) is 9.96. The molecule has 0 atom stereocenters. The molecule has 132 valence electrons. The number of benzene rings is 5. The molecular weight excluding hydrogens is 336 g/mol. The fraction of sp³-hybridized carbons (Fsp3) is 0.0714. The summed E-state index contributed by atoms with van der Waals surface area (Å²) in [7, 11) is 0. The van der Waals surface area contributed by atoms with Crippen LogP contribution >= 0.6 is 0 Å². The molecule has 0 heterocycles. The Morgan fingerprint density at radius 2 is 1.36 bits per heavy atom. The summed E-state index contributed by atoms with van der Waals surface area (Å²) >= 11 is 0. The van der Waals surface area contributed by atoms with Crippen molar-refractivity contribution in [2.24, 2.45) is 0 Å². The second-order valence-corrected chi connectivity index (χ2v) is 7.81. The SMILES string of the molecule is c1ccc(Cc2ccc3c(c2)-c2ccc4ccc5ccccc5c4c2C3)cc1. The normalized spacial score (nSPS) is 12.3. The van der Waals surface area contributed by atoms with Crippen LogP contribution < -0.4 is 0 Å². The van der Waals surface area contributed by atoms with Crippen molar-refractivity contribution >= 4 is 21.5 Å². The standard InChI is InChI=1S/C28H20/c1-2-6-19(7-3-1)16-20-10-11-23-18-27-25(26(23)17-20)15-14-22-13-12-21-8-4-5-9-24(21)28(22)27/h1-15,17H,16,18H2. The van der Waals surface area contributed by atoms with Gasteiger partial charge in [0, 0.05) is 0 Å². The second-order valence-electron chi connectivity index (χ2n) is 7.81. The Bertz CT molecular complexity index is 1340. The lowest BCUT2D eigenvalue weighted by molar-refractivity contribution is 1.18. The predicted molar refractivity (Wildman–Crippen MR) is 119 cm³/mol. The smallest absolute Gasteiger partial charge is 0.000706 e. The third-order valence-electron chi connectivity index (χ3n) is 6.10. The third kappa shape index (κ3) is 2.38. The molecule has 5 aromatic carbocycles. The lowest BCUT2D eigenvalue weighted by atomic mass is 9.94. The fourth-order valence-electron chi connectivity index (χ4n) is 4.77. The van der Waals surface area contributed by atoms with E-state index in [9.17, 15) is 0 Å². The Balaban J connectivity index is 1.53. The van der Waals surface area contributed by atoms with Crippen molar-refractivity contribution in [1.82, 2.24) is 0 Å². The van der Waals surface area contributed by atoms with E-state index in [1.807, 2.05) is 0 Å². The van der Waals surface area contributed by atoms with Crippen molar-refractivity contribution in [1.29, 1.82) is 0 Å². The Morgan fingerprint density at radius 3 is 2.29 bits per heavy atom. The molecule has 0 N–H and O–H groups in total. The fourth-order valence-corrected chi connectivity index (χ4v) is 4.77. The van der Waals surface area contributed by atoms with E-state index >= 15 is 0 Å². The molecular formula is C28H20. The Morgan fingerprint density at radius 1 is 0.571 bits per heavy atom. The van der Waals surface area contributed by atoms with Gasteiger partial charge in [0.15, 0.2) is 0 Å². The summed E-state index contributed by atoms with van der Waals surface area (Å²) in [6.45, 7) is 0. The second kappa shape index (κ2) is 6.07. The molecule has 0 saturated heterocycles. The Kier molecular flexibility index (Phi) is 3.39. The first kappa shape index (κ1) is 15.7. The van der Waals surface area contributed by atoms with E-state index in [1.54, 1.807) is 0 Å². The molecule has 0 aromatic heterocycles. The zero-order chi connectivity index (χ0) is 18.5. The molecule has 1 aliphatic carbocycles. The van der Waals surface area contributed by atoms with Gasteiger partial charge in [-0.25, -0.2) is 0 Å². The van der Waals surface area contributed by atoms with Gasteiger partial charge in [0.2, 0.25) is 0 Å². The highest BCUT2D eigenvalue weighted by molar-refractivity contribution is 6.11. The molecule has 0 amide bonds. The van der Waals surface area contributed by atoms with Crippen LogP contribution in [0, 0.1) is 0 Å². The zero-order valence-corrected chi connectivity index (χ0v) is 15.7. The van der Waals surface area contributed by atoms with E-state index in [0.29, 0.717) is 0 Å². The molecule has 0 nitrogen and oxygen atoms in total. The van der Waals surface area contributed by atoms with Crippen molar-refractivity contribution in [3.8, 4) is 11.1 Å². The lowest BCUT2D eigenvalue weighted by Crippen LogP contribution is -1.89. The van der Waals surface area contributed by atoms with Crippen LogP contribution in [-0.2, 0) is 12.8 Å². The zero-order valence-electron chi connectivity index (χ0n) is 15.7. The molecule has 0 unspecified atom stereocenters. The summed E-state index contributed by atoms with van der Waals surface area (Å²) in [6.07, 6.45) is 2.02. The van der Waals surface area contributed by atoms with Gasteiger partial charge in [0.1, 0.15) is 0 Å². The van der Waals surface area contributed by atoms with Crippen LogP contribution in [0.25, 0.3) is 32.7 Å². The molecule has 28 heavy (non-hydrogen) atoms. The van der Waals surface area contributed by atoms with E-state index in [-0.39, 0.29) is 0 Å². The lowest BCUT2D eigenvalue weighted by Gasteiger charge is -2.10. The van der Waals surface area contributed by atoms with E-state index in [0.717, 1.165) is 12.8 Å². The van der Waals surface area contributed by atoms with Crippen LogP contribution in [-0.4, -0.2) is 0 Å². The predicted octanol–water partition coefficient (Wildman–Crippen LogP) is 7.16. The van der Waals surface area contributed by atoms with Crippen LogP contribution in [0.15, 0.2) is 97.1 Å². The first-order chi connectivity index (χ1) is 13.9. The van der Waals surface area contributed by atoms with Gasteiger partial charge in [-0.05, 0) is 67.8 Å². The van der Waals surface area contributed by atoms with Crippen molar-refractivity contribution in [2.75, 3.05) is 0 Å². The van der Waals surface area contributed by atoms with Crippen LogP contribution in [0.1, 0.15) is 22.3 Å². The summed E-state index contributed by atoms with van der Waals surface area (Å²) in [5.74, 6) is 0. The Hall–Kier alpha value is -3.38. The van der Waals surface area contributed by atoms with Crippen molar-refractivity contribution < 1.29 is 0 Å². The molecule has 1 aliphatic rings. The average molecular weight is 356 g/mol. The number of fused-ring (bicyclic) bond motifs is 7. The van der Waals surface area contributed by atoms with E-state index < -0.39 is 0 Å². The molecule has 6 rings (SSSR count). The topological polar surface area (TPSA) is 0 Å². The van der Waals surface area contributed by atoms with E-state index in [1.165, 1.54) is 54.9 Å². The van der Waals surface area contributed by atoms with Crippen molar-refractivity contribution in [2.45, 2.75) is 12.8 Å². The highest BCUT2D eigenvalue weighted by atomic mass is 14.2. The van der Waals surface area contributed by atoms with Gasteiger partial charge in [-0.2, -0.15) is 0 Å². The van der Waals surface area contributed by atoms with E-state index in [2.05, 4.69) is 97.1 Å². The number of rotatable bonds is 2. The molecule has 0 saturated carbocycles. The van der Waals surface area contributed by atoms with Gasteiger partial charge >= 0.3 is 0 Å². The van der Waals surface area contributed by atoms with Gasteiger partial charge in [-0.3, -0.25) is 0 Å². The summed E-state index contributed by atoms with van der Waals surface area (Å²) in [4.78, 5) is 0. The van der Waals surface area contributed by atoms with Crippen LogP contribution in [0.3, 0.4) is 0 Å². The Labute approximate surface area is 165 Å². The largest absolute Gasteiger partial charge is 0.0622 e. The molecule has 0 fully saturated rings. The third-order valence-corrected chi connectivity index (χ3v) is 6.10. The summed E-state index contributed by atoms with van der Waals surface area (Å²) in [5.41, 5.74) is 8.52. The minimum atomic E-state index is 0.986. The van der Waals surface area contributed by atoms with Crippen LogP contribution in [0.5, 0.6) is 0 Å². The molecule has 0 heteroatoms.